The van der Waals surface area contributed by atoms with E-state index in [9.17, 15) is 9.59 Å². The number of carbonyl (C=O) groups excluding carboxylic acids is 2. The number of methoxy groups -OCH3 is 1. The third-order valence-electron chi connectivity index (χ3n) is 3.16. The molecule has 1 atom stereocenters. The highest BCUT2D eigenvalue weighted by Crippen LogP contribution is 2.15. The number of ether oxygens (including phenoxy) is 1. The molecule has 1 aromatic rings. The van der Waals surface area contributed by atoms with E-state index >= 15 is 0 Å². The number of hydrogen-bond acceptors (Lipinski definition) is 4. The molecule has 0 aliphatic rings. The van der Waals surface area contributed by atoms with Crippen molar-refractivity contribution in [1.29, 1.82) is 0 Å². The molecule has 0 radical (unpaired) electrons. The summed E-state index contributed by atoms with van der Waals surface area (Å²) in [4.78, 5) is 27.8. The zero-order chi connectivity index (χ0) is 15.0. The minimum absolute atomic E-state index is 0.157. The smallest absolute Gasteiger partial charge is 0.331 e. The van der Waals surface area contributed by atoms with Crippen molar-refractivity contribution < 1.29 is 14.3 Å². The minimum Gasteiger partial charge on any atom is -0.467 e. The van der Waals surface area contributed by atoms with Crippen LogP contribution in [0, 0.1) is 0 Å². The first-order valence-electron chi connectivity index (χ1n) is 6.80. The first-order chi connectivity index (χ1) is 9.51. The van der Waals surface area contributed by atoms with E-state index in [-0.39, 0.29) is 5.91 Å². The van der Waals surface area contributed by atoms with Gasteiger partial charge in [-0.2, -0.15) is 0 Å². The standard InChI is InChI=1S/C15H22N2O3/c1-4-9-15(2,14(19)20-3)17-13(18)8-7-12-6-5-10-16-11-12/h5-6,10-11H,4,7-9H2,1-3H3,(H,17,18). The number of pyridine rings is 1. The van der Waals surface area contributed by atoms with Crippen molar-refractivity contribution in [1.82, 2.24) is 10.3 Å². The van der Waals surface area contributed by atoms with Crippen LogP contribution in [0.15, 0.2) is 24.5 Å². The van der Waals surface area contributed by atoms with E-state index in [1.165, 1.54) is 7.11 Å². The number of amides is 1. The van der Waals surface area contributed by atoms with Crippen LogP contribution in [0.25, 0.3) is 0 Å². The average molecular weight is 278 g/mol. The molecule has 5 nitrogen and oxygen atoms in total. The second-order valence-electron chi connectivity index (χ2n) is 4.98. The van der Waals surface area contributed by atoms with E-state index in [2.05, 4.69) is 10.3 Å². The Kier molecular flexibility index (Phi) is 6.15. The zero-order valence-corrected chi connectivity index (χ0v) is 12.3. The van der Waals surface area contributed by atoms with Crippen LogP contribution in [0.5, 0.6) is 0 Å². The van der Waals surface area contributed by atoms with Crippen molar-refractivity contribution in [3.8, 4) is 0 Å². The van der Waals surface area contributed by atoms with Gasteiger partial charge in [0.25, 0.3) is 0 Å². The van der Waals surface area contributed by atoms with Crippen LogP contribution in [0.2, 0.25) is 0 Å². The quantitative estimate of drug-likeness (QED) is 0.773. The maximum absolute atomic E-state index is 12.0. The largest absolute Gasteiger partial charge is 0.467 e. The summed E-state index contributed by atoms with van der Waals surface area (Å²) in [6.07, 6.45) is 5.69. The van der Waals surface area contributed by atoms with Gasteiger partial charge in [0.2, 0.25) is 5.91 Å². The molecule has 1 unspecified atom stereocenters. The molecule has 0 aromatic carbocycles. The summed E-state index contributed by atoms with van der Waals surface area (Å²) >= 11 is 0. The van der Waals surface area contributed by atoms with E-state index in [0.717, 1.165) is 12.0 Å². The Morgan fingerprint density at radius 1 is 1.45 bits per heavy atom. The van der Waals surface area contributed by atoms with Gasteiger partial charge in [0.1, 0.15) is 5.54 Å². The van der Waals surface area contributed by atoms with Gasteiger partial charge < -0.3 is 10.1 Å². The fourth-order valence-corrected chi connectivity index (χ4v) is 2.11. The highest BCUT2D eigenvalue weighted by atomic mass is 16.5. The van der Waals surface area contributed by atoms with Crippen LogP contribution < -0.4 is 5.32 Å². The molecule has 1 N–H and O–H groups in total. The van der Waals surface area contributed by atoms with Crippen molar-refractivity contribution in [2.24, 2.45) is 0 Å². The lowest BCUT2D eigenvalue weighted by molar-refractivity contribution is -0.150. The predicted octanol–water partition coefficient (Wildman–Crippen LogP) is 1.86. The van der Waals surface area contributed by atoms with Gasteiger partial charge in [0.15, 0.2) is 0 Å². The number of esters is 1. The Labute approximate surface area is 119 Å². The fraction of sp³-hybridized carbons (Fsp3) is 0.533. The van der Waals surface area contributed by atoms with Crippen molar-refractivity contribution >= 4 is 11.9 Å². The molecule has 0 saturated heterocycles. The summed E-state index contributed by atoms with van der Waals surface area (Å²) < 4.78 is 4.77. The molecule has 0 bridgehead atoms. The fourth-order valence-electron chi connectivity index (χ4n) is 2.11. The summed E-state index contributed by atoms with van der Waals surface area (Å²) in [6.45, 7) is 3.66. The molecule has 1 amide bonds. The van der Waals surface area contributed by atoms with E-state index in [1.807, 2.05) is 19.1 Å². The van der Waals surface area contributed by atoms with Gasteiger partial charge in [-0.05, 0) is 31.4 Å². The van der Waals surface area contributed by atoms with E-state index < -0.39 is 11.5 Å². The highest BCUT2D eigenvalue weighted by molar-refractivity contribution is 5.87. The lowest BCUT2D eigenvalue weighted by Crippen LogP contribution is -2.52. The molecule has 110 valence electrons. The molecule has 5 heteroatoms. The number of aryl methyl sites for hydroxylation is 1. The average Bonchev–Trinajstić information content (AvgIpc) is 2.45. The first kappa shape index (κ1) is 16.1. The monoisotopic (exact) mass is 278 g/mol. The van der Waals surface area contributed by atoms with Crippen molar-refractivity contribution in [2.75, 3.05) is 7.11 Å². The maximum atomic E-state index is 12.0. The minimum atomic E-state index is -0.949. The molecule has 0 fully saturated rings. The SMILES string of the molecule is CCCC(C)(NC(=O)CCc1cccnc1)C(=O)OC. The molecule has 1 aromatic heterocycles. The Morgan fingerprint density at radius 3 is 2.75 bits per heavy atom. The van der Waals surface area contributed by atoms with E-state index in [1.54, 1.807) is 19.3 Å². The second-order valence-corrected chi connectivity index (χ2v) is 4.98. The Hall–Kier alpha value is -1.91. The highest BCUT2D eigenvalue weighted by Gasteiger charge is 2.34. The zero-order valence-electron chi connectivity index (χ0n) is 12.3. The number of rotatable bonds is 7. The number of nitrogens with zero attached hydrogens (tertiary/aromatic N) is 1. The van der Waals surface area contributed by atoms with Crippen molar-refractivity contribution in [3.63, 3.8) is 0 Å². The Morgan fingerprint density at radius 2 is 2.20 bits per heavy atom. The number of nitrogens with one attached hydrogen (secondary N) is 1. The third kappa shape index (κ3) is 4.64. The van der Waals surface area contributed by atoms with Gasteiger partial charge in [0, 0.05) is 18.8 Å². The maximum Gasteiger partial charge on any atom is 0.331 e. The van der Waals surface area contributed by atoms with Gasteiger partial charge in [-0.3, -0.25) is 9.78 Å². The summed E-state index contributed by atoms with van der Waals surface area (Å²) in [5, 5.41) is 2.78. The van der Waals surface area contributed by atoms with Gasteiger partial charge in [-0.25, -0.2) is 4.79 Å². The van der Waals surface area contributed by atoms with Crippen LogP contribution >= 0.6 is 0 Å². The molecule has 0 spiro atoms. The van der Waals surface area contributed by atoms with Crippen molar-refractivity contribution in [3.05, 3.63) is 30.1 Å². The Balaban J connectivity index is 2.56. The summed E-state index contributed by atoms with van der Waals surface area (Å²) in [5.41, 5.74) is 0.0492. The molecule has 0 saturated carbocycles. The predicted molar refractivity (Wildman–Crippen MR) is 76.0 cm³/mol. The summed E-state index contributed by atoms with van der Waals surface area (Å²) in [7, 11) is 1.33. The number of aromatic nitrogens is 1. The van der Waals surface area contributed by atoms with Gasteiger partial charge in [0.05, 0.1) is 7.11 Å². The molecule has 0 aliphatic heterocycles. The normalized spacial score (nSPS) is 13.3. The molecule has 1 heterocycles. The van der Waals surface area contributed by atoms with Gasteiger partial charge >= 0.3 is 5.97 Å². The topological polar surface area (TPSA) is 68.3 Å². The van der Waals surface area contributed by atoms with Crippen LogP contribution in [0.4, 0.5) is 0 Å². The Bertz CT molecular complexity index is 448. The molecule has 20 heavy (non-hydrogen) atoms. The van der Waals surface area contributed by atoms with Crippen LogP contribution in [0.1, 0.15) is 38.7 Å². The van der Waals surface area contributed by atoms with Crippen LogP contribution in [-0.4, -0.2) is 29.5 Å². The lowest BCUT2D eigenvalue weighted by atomic mass is 9.95. The molecular weight excluding hydrogens is 256 g/mol. The lowest BCUT2D eigenvalue weighted by Gasteiger charge is -2.27. The van der Waals surface area contributed by atoms with Gasteiger partial charge in [-0.1, -0.05) is 19.4 Å². The van der Waals surface area contributed by atoms with Gasteiger partial charge in [-0.15, -0.1) is 0 Å². The van der Waals surface area contributed by atoms with Crippen LogP contribution in [-0.2, 0) is 20.7 Å². The number of hydrogen-bond donors (Lipinski definition) is 1. The second kappa shape index (κ2) is 7.62. The van der Waals surface area contributed by atoms with Crippen LogP contribution in [0.3, 0.4) is 0 Å². The molecular formula is C15H22N2O3. The van der Waals surface area contributed by atoms with E-state index in [0.29, 0.717) is 19.3 Å². The number of carbonyl (C=O) groups is 2. The first-order valence-corrected chi connectivity index (χ1v) is 6.80. The third-order valence-corrected chi connectivity index (χ3v) is 3.16. The summed E-state index contributed by atoms with van der Waals surface area (Å²) in [6, 6.07) is 3.76. The molecule has 0 aliphatic carbocycles. The summed E-state index contributed by atoms with van der Waals surface area (Å²) in [5.74, 6) is -0.565. The molecule has 1 rings (SSSR count). The van der Waals surface area contributed by atoms with Crippen molar-refractivity contribution in [2.45, 2.75) is 45.1 Å². The van der Waals surface area contributed by atoms with E-state index in [4.69, 9.17) is 4.74 Å².